The topological polar surface area (TPSA) is 530 Å². The SMILES string of the molecule is CCOC(OCC)OCC.CC[O-].CNc1cccc2ocnc12.COc1cc(C2C(C#N)=C(N)Oc3c2ccc2c3ncn2C)cc(Br)c1OC.Cn1cnc2c(O)cccc21.Nc1c(O)cccc1[N+](=O)[O-].Nc1cccc2ocnc12.O=[N+]([O-])c1cccc2ocnc12.[C-]#[N+]CC#N.[Na+].c1ccc2c(c1)nnn2CNc1cccc2ocnc12. The number of fused-ring (bicyclic) bond motifs is 9. The quantitative estimate of drug-likeness (QED) is 0.00732. The number of non-ortho nitro benzene ring substituents is 1. The van der Waals surface area contributed by atoms with Crippen LogP contribution in [0.5, 0.6) is 28.7 Å². The van der Waals surface area contributed by atoms with E-state index in [1.165, 1.54) is 49.8 Å². The van der Waals surface area contributed by atoms with Crippen LogP contribution < -0.4 is 76.7 Å². The maximum absolute atomic E-state index is 10.4. The van der Waals surface area contributed by atoms with Crippen LogP contribution >= 0.6 is 15.9 Å². The number of hydrogen-bond donors (Lipinski definition) is 7. The number of nitrogens with two attached hydrogens (primary N) is 3. The molecule has 0 saturated heterocycles. The molecule has 38 nitrogen and oxygen atoms in total. The van der Waals surface area contributed by atoms with Gasteiger partial charge in [-0.2, -0.15) is 10.5 Å². The third kappa shape index (κ3) is 24.6. The third-order valence-corrected chi connectivity index (χ3v) is 17.3. The van der Waals surface area contributed by atoms with Crippen molar-refractivity contribution in [2.75, 3.05) is 76.3 Å². The minimum atomic E-state index is -0.644. The van der Waals surface area contributed by atoms with Crippen LogP contribution in [-0.4, -0.2) is 135 Å². The summed E-state index contributed by atoms with van der Waals surface area (Å²) in [7, 11) is 8.81. The first-order valence-corrected chi connectivity index (χ1v) is 37.1. The van der Waals surface area contributed by atoms with E-state index in [1.54, 1.807) is 70.2 Å². The van der Waals surface area contributed by atoms with Gasteiger partial charge in [-0.1, -0.05) is 66.7 Å². The number of nitro groups is 2. The van der Waals surface area contributed by atoms with Crippen molar-refractivity contribution in [3.8, 4) is 40.9 Å². The molecular formula is C82H83BrN21NaO17. The Bertz CT molecular complexity index is 6240. The van der Waals surface area contributed by atoms with Crippen LogP contribution in [0.15, 0.2) is 230 Å². The summed E-state index contributed by atoms with van der Waals surface area (Å²) >= 11 is 3.52. The molecule has 0 radical (unpaired) electrons. The second-order valence-corrected chi connectivity index (χ2v) is 25.1. The number of imidazole rings is 2. The van der Waals surface area contributed by atoms with Gasteiger partial charge < -0.3 is 103 Å². The molecule has 1 aliphatic rings. The van der Waals surface area contributed by atoms with E-state index in [1.807, 2.05) is 159 Å². The number of oxazole rings is 4. The fourth-order valence-corrected chi connectivity index (χ4v) is 11.9. The number of aryl methyl sites for hydroxylation is 2. The van der Waals surface area contributed by atoms with Gasteiger partial charge in [-0.3, -0.25) is 20.2 Å². The Hall–Kier alpha value is -14.5. The molecule has 9 aromatic carbocycles. The van der Waals surface area contributed by atoms with Crippen molar-refractivity contribution in [2.45, 2.75) is 46.8 Å². The number of halogens is 1. The Morgan fingerprint density at radius 2 is 1.14 bits per heavy atom. The molecule has 1 aliphatic heterocycles. The smallest absolute Gasteiger partial charge is 0.855 e. The number of methoxy groups -OCH3 is 2. The van der Waals surface area contributed by atoms with Crippen LogP contribution in [0.4, 0.5) is 34.1 Å². The molecule has 0 amide bonds. The Kier molecular flexibility index (Phi) is 37.1. The molecule has 10 N–H and O–H groups in total. The summed E-state index contributed by atoms with van der Waals surface area (Å²) in [5.74, 6) is 1.32. The Labute approximate surface area is 726 Å². The summed E-state index contributed by atoms with van der Waals surface area (Å²) in [4.78, 5) is 46.6. The molecule has 1 atom stereocenters. The first-order chi connectivity index (χ1) is 58.6. The first kappa shape index (κ1) is 94.7. The van der Waals surface area contributed by atoms with Crippen LogP contribution in [-0.2, 0) is 35.0 Å². The Morgan fingerprint density at radius 1 is 0.631 bits per heavy atom. The number of nitrogens with one attached hydrogen (secondary N) is 2. The zero-order chi connectivity index (χ0) is 87.5. The zero-order valence-electron chi connectivity index (χ0n) is 67.7. The summed E-state index contributed by atoms with van der Waals surface area (Å²) in [5, 5.41) is 79.8. The molecule has 0 bridgehead atoms. The second kappa shape index (κ2) is 47.8. The van der Waals surface area contributed by atoms with E-state index < -0.39 is 22.2 Å². The van der Waals surface area contributed by atoms with Crippen LogP contribution in [0.3, 0.4) is 0 Å². The van der Waals surface area contributed by atoms with Crippen molar-refractivity contribution in [2.24, 2.45) is 19.8 Å². The van der Waals surface area contributed by atoms with E-state index in [2.05, 4.69) is 77.7 Å². The number of nitrogen functional groups attached to an aromatic ring is 2. The van der Waals surface area contributed by atoms with Gasteiger partial charge in [0.05, 0.1) is 80.7 Å². The number of allylic oxidation sites excluding steroid dienone is 1. The molecule has 122 heavy (non-hydrogen) atoms. The van der Waals surface area contributed by atoms with E-state index >= 15 is 0 Å². The van der Waals surface area contributed by atoms with Gasteiger partial charge in [0.1, 0.15) is 69.0 Å². The van der Waals surface area contributed by atoms with Gasteiger partial charge in [0.15, 0.2) is 76.4 Å². The summed E-state index contributed by atoms with van der Waals surface area (Å²) in [5.41, 5.74) is 31.5. The van der Waals surface area contributed by atoms with E-state index in [0.717, 1.165) is 77.9 Å². The molecule has 17 rings (SSSR count). The van der Waals surface area contributed by atoms with Gasteiger partial charge in [-0.05, 0) is 133 Å². The molecule has 0 saturated carbocycles. The predicted molar refractivity (Wildman–Crippen MR) is 453 cm³/mol. The van der Waals surface area contributed by atoms with Crippen molar-refractivity contribution in [1.82, 2.24) is 54.0 Å². The van der Waals surface area contributed by atoms with Gasteiger partial charge in [0, 0.05) is 58.7 Å². The monoisotopic (exact) mass is 1740 g/mol. The summed E-state index contributed by atoms with van der Waals surface area (Å²) in [6.45, 7) is 15.2. The number of phenolic OH excluding ortho intramolecular Hbond substituents is 2. The van der Waals surface area contributed by atoms with E-state index in [0.29, 0.717) is 81.6 Å². The summed E-state index contributed by atoms with van der Waals surface area (Å²) in [6, 6.07) is 50.2. The maximum atomic E-state index is 10.4. The van der Waals surface area contributed by atoms with Gasteiger partial charge >= 0.3 is 29.6 Å². The molecule has 626 valence electrons. The molecule has 8 heterocycles. The third-order valence-electron chi connectivity index (χ3n) is 16.7. The molecular weight excluding hydrogens is 1650 g/mol. The van der Waals surface area contributed by atoms with Gasteiger partial charge in [-0.25, -0.2) is 41.2 Å². The number of rotatable bonds is 15. The van der Waals surface area contributed by atoms with E-state index in [9.17, 15) is 30.6 Å². The average Bonchev–Trinajstić information content (AvgIpc) is 1.68. The van der Waals surface area contributed by atoms with E-state index in [-0.39, 0.29) is 77.2 Å². The Balaban J connectivity index is 0.000000195. The number of nitriles is 2. The van der Waals surface area contributed by atoms with Crippen LogP contribution in [0.2, 0.25) is 0 Å². The van der Waals surface area contributed by atoms with Crippen LogP contribution in [0.1, 0.15) is 44.7 Å². The minimum Gasteiger partial charge on any atom is -0.855 e. The molecule has 40 heteroatoms. The predicted octanol–water partition coefficient (Wildman–Crippen LogP) is 11.6. The normalized spacial score (nSPS) is 11.3. The number of aromatic hydroxyl groups is 2. The average molecular weight is 1740 g/mol. The molecule has 7 aromatic heterocycles. The Morgan fingerprint density at radius 3 is 1.68 bits per heavy atom. The number of nitrogens with zero attached hydrogens (tertiary/aromatic N) is 16. The largest absolute Gasteiger partial charge is 1.00 e. The standard InChI is InChI=1S/C20H17BrN4O3.C14H11N5O.2C8H8N2O.C7H4N2O3.C7H6N2O.C7H16O3.C6H6N2O3.C3H2N2.C2H5O.Na/c1-25-9-24-17-14(25)5-4-11-16(12(8-22)20(23)28-18(11)17)10-6-13(21)19(27-3)15(7-10)26-2;1-2-6-12-10(4-1)17-18-19(12)8-15-11-5-3-7-13-14(11)16-9-20-13;1-10-5-9-8-6(10)3-2-4-7(8)11;1-9-6-3-2-4-7-8(6)10-5-11-7;10-9(11)5-2-1-3-6-7(5)8-4-12-6;8-5-2-1-3-6-7(5)9-4-10-6;1-4-8-7(9-5-2)10-6-3;7-6-4(8(10)11)2-1-3-5(6)9;1-5-3-2-4;1-2-3;/h4-7,9,16H,23H2,1-3H3;1-7,9,15H,8H2;2-5,11H,1H3;2-5,9H,1H3;1-4H;1-4H,8H2;7H,4-6H2,1-3H3;1-3,9H,7H2;3H2;2H2,1H3;/q;;;;;;;;;-1;+1. The molecule has 0 aliphatic carbocycles. The summed E-state index contributed by atoms with van der Waals surface area (Å²) < 4.78 is 58.5. The van der Waals surface area contributed by atoms with Crippen molar-refractivity contribution in [3.63, 3.8) is 0 Å². The van der Waals surface area contributed by atoms with Gasteiger partial charge in [-0.15, -0.1) is 11.7 Å². The number of hydrogen-bond acceptors (Lipinski definition) is 32. The maximum Gasteiger partial charge on any atom is 1.00 e. The van der Waals surface area contributed by atoms with Crippen molar-refractivity contribution in [1.29, 1.82) is 10.5 Å². The fourth-order valence-electron chi connectivity index (χ4n) is 11.2. The van der Waals surface area contributed by atoms with Crippen molar-refractivity contribution in [3.05, 3.63) is 255 Å². The minimum absolute atomic E-state index is 0. The number of benzene rings is 9. The first-order valence-electron chi connectivity index (χ1n) is 36.3. The molecule has 0 spiro atoms. The number of aromatic nitrogens is 11. The molecule has 0 fully saturated rings. The van der Waals surface area contributed by atoms with Crippen molar-refractivity contribution < 1.29 is 101 Å². The number of para-hydroxylation sites is 7. The summed E-state index contributed by atoms with van der Waals surface area (Å²) in [6.07, 6.45) is 8.88. The number of phenols is 2. The van der Waals surface area contributed by atoms with Gasteiger partial charge in [0.2, 0.25) is 5.88 Å². The van der Waals surface area contributed by atoms with Crippen LogP contribution in [0, 0.1) is 49.5 Å². The molecule has 16 aromatic rings. The fraction of sp³-hybridized carbons (Fsp3) is 0.207. The van der Waals surface area contributed by atoms with Gasteiger partial charge in [0.25, 0.3) is 24.4 Å². The number of ether oxygens (including phenoxy) is 6. The van der Waals surface area contributed by atoms with Crippen LogP contribution in [0.25, 0.3) is 82.3 Å². The molecule has 1 unspecified atom stereocenters. The second-order valence-electron chi connectivity index (χ2n) is 24.2. The number of nitro benzene ring substituents is 2. The zero-order valence-corrected chi connectivity index (χ0v) is 71.2. The number of anilines is 4. The van der Waals surface area contributed by atoms with Crippen molar-refractivity contribution >= 4 is 128 Å². The van der Waals surface area contributed by atoms with E-state index in [4.69, 9.17) is 85.3 Å².